The number of amides is 1. The second-order valence-corrected chi connectivity index (χ2v) is 35.8. The third-order valence-corrected chi connectivity index (χ3v) is 28.2. The molecule has 0 aromatic heterocycles. The fraction of sp³-hybridized carbons (Fsp3) is 0.988. The number of fused-ring (bicyclic) bond motifs is 10. The number of carbonyl (C=O) groups is 1. The first kappa shape index (κ1) is 91.5. The van der Waals surface area contributed by atoms with E-state index in [9.17, 15) is 4.79 Å². The first-order chi connectivity index (χ1) is 49.7. The van der Waals surface area contributed by atoms with Crippen LogP contribution < -0.4 is 66.7 Å². The lowest BCUT2D eigenvalue weighted by Gasteiger charge is -2.65. The fourth-order valence-corrected chi connectivity index (χ4v) is 22.8. The van der Waals surface area contributed by atoms with Crippen molar-refractivity contribution >= 4 is 6.09 Å². The van der Waals surface area contributed by atoms with Gasteiger partial charge in [-0.05, 0) is 381 Å². The highest BCUT2D eigenvalue weighted by Gasteiger charge is 2.69. The van der Waals surface area contributed by atoms with Crippen molar-refractivity contribution in [3.05, 3.63) is 0 Å². The Balaban J connectivity index is 0.000000326. The maximum absolute atomic E-state index is 11.8. The van der Waals surface area contributed by atoms with Crippen LogP contribution in [0.5, 0.6) is 0 Å². The highest BCUT2D eigenvalue weighted by atomic mass is 16.6. The maximum Gasteiger partial charge on any atom is 0.407 e. The molecule has 104 heavy (non-hydrogen) atoms. The van der Waals surface area contributed by atoms with E-state index >= 15 is 0 Å². The Labute approximate surface area is 636 Å². The molecule has 19 N–H and O–H groups in total. The zero-order chi connectivity index (χ0) is 74.3. The lowest BCUT2D eigenvalue weighted by Crippen LogP contribution is -2.63. The van der Waals surface area contributed by atoms with Gasteiger partial charge in [0, 0.05) is 57.0 Å². The number of ether oxygens (including phenoxy) is 7. The van der Waals surface area contributed by atoms with Gasteiger partial charge in [-0.25, -0.2) is 4.79 Å². The predicted octanol–water partition coefficient (Wildman–Crippen LogP) is 11.0. The van der Waals surface area contributed by atoms with Gasteiger partial charge in [0.2, 0.25) is 0 Å². The number of nitrogens with two attached hydrogens (primary N) is 7. The summed E-state index contributed by atoms with van der Waals surface area (Å²) in [7, 11) is 0. The van der Waals surface area contributed by atoms with Gasteiger partial charge in [-0.1, -0.05) is 49.0 Å². The second-order valence-electron chi connectivity index (χ2n) is 35.8. The molecule has 0 aromatic rings. The van der Waals surface area contributed by atoms with Crippen LogP contribution in [0, 0.1) is 92.7 Å². The zero-order valence-electron chi connectivity index (χ0n) is 67.6. The molecule has 0 bridgehead atoms. The summed E-state index contributed by atoms with van der Waals surface area (Å²) in [5.74, 6) is 7.52. The van der Waals surface area contributed by atoms with Gasteiger partial charge in [0.05, 0.1) is 36.6 Å². The molecule has 8 aliphatic carbocycles. The summed E-state index contributed by atoms with van der Waals surface area (Å²) in [5.41, 5.74) is 41.6. The van der Waals surface area contributed by atoms with Crippen LogP contribution in [-0.4, -0.2) is 193 Å². The van der Waals surface area contributed by atoms with Crippen molar-refractivity contribution in [2.45, 2.75) is 292 Å². The molecule has 612 valence electrons. The highest BCUT2D eigenvalue weighted by molar-refractivity contribution is 5.67. The van der Waals surface area contributed by atoms with Crippen LogP contribution in [0.25, 0.3) is 0 Å². The number of nitrogens with one attached hydrogen (secondary N) is 5. The van der Waals surface area contributed by atoms with Crippen molar-refractivity contribution in [1.29, 1.82) is 0 Å². The van der Waals surface area contributed by atoms with E-state index in [-0.39, 0.29) is 48.1 Å². The van der Waals surface area contributed by atoms with Crippen LogP contribution in [0.15, 0.2) is 0 Å². The van der Waals surface area contributed by atoms with Crippen molar-refractivity contribution < 1.29 is 38.0 Å². The largest absolute Gasteiger partial charge is 0.444 e. The molecular formula is C84H168N12O8. The first-order valence-corrected chi connectivity index (χ1v) is 43.1. The molecule has 6 unspecified atom stereocenters. The van der Waals surface area contributed by atoms with Crippen molar-refractivity contribution in [3.63, 3.8) is 0 Å². The zero-order valence-corrected chi connectivity index (χ0v) is 67.6. The Morgan fingerprint density at radius 1 is 0.404 bits per heavy atom. The van der Waals surface area contributed by atoms with E-state index in [4.69, 9.17) is 73.3 Å². The lowest BCUT2D eigenvalue weighted by molar-refractivity contribution is -0.227. The van der Waals surface area contributed by atoms with Crippen LogP contribution in [0.4, 0.5) is 4.79 Å². The van der Waals surface area contributed by atoms with Crippen LogP contribution in [-0.2, 0) is 33.2 Å². The van der Waals surface area contributed by atoms with E-state index in [1.807, 2.05) is 20.8 Å². The standard InChI is InChI=1S/C44H86N6O5.C39H78N6O3.CH4/c1-32(13-7-21-48-22-11-23-49-24-12-25-50-41(51)55-42(2,3)4)35-14-15-36-40-37(31-39(44(35,36)6)54-28-10-20-47)43(5)17-16-34(52-26-8-18-45)29-33(43)30-38(40)53-27-9-19-46;1-29(10-4-19-44-21-9-22-45-20-5-15-40)32-11-12-33-37-34(28-36(39(32,33)3)48-25-8-18-43)38(2)14-13-31(46-23-6-16-41)26-30(38)27-35(37)47-24-7-17-42;/h32-40,48-49H,7-31,45-47H2,1-6H3,(H,50,51);29-37,44-45H,4-28,40-43H2,1-3H3;1H4/t32-,33?,34-,35?,36+,37+,38-,39+,40?,43+,44-;29-,30?,31-,32?,33+,34+,35-,36+,37?,38+,39-;/m11./s1. The summed E-state index contributed by atoms with van der Waals surface area (Å²) in [5, 5.41) is 17.2. The van der Waals surface area contributed by atoms with E-state index in [1.54, 1.807) is 0 Å². The molecule has 0 aliphatic heterocycles. The molecule has 0 radical (unpaired) electrons. The van der Waals surface area contributed by atoms with E-state index in [1.165, 1.54) is 83.5 Å². The van der Waals surface area contributed by atoms with Gasteiger partial charge in [0.15, 0.2) is 0 Å². The molecule has 0 aromatic carbocycles. The molecular weight excluding hydrogens is 1300 g/mol. The molecule has 0 heterocycles. The number of hydrogen-bond donors (Lipinski definition) is 12. The third kappa shape index (κ3) is 25.3. The fourth-order valence-electron chi connectivity index (χ4n) is 22.8. The Hall–Kier alpha value is -1.41. The normalized spacial score (nSPS) is 34.8. The molecule has 0 saturated heterocycles. The van der Waals surface area contributed by atoms with Gasteiger partial charge in [-0.2, -0.15) is 0 Å². The summed E-state index contributed by atoms with van der Waals surface area (Å²) in [4.78, 5) is 11.8. The number of alkyl carbamates (subject to hydrolysis) is 1. The third-order valence-electron chi connectivity index (χ3n) is 28.2. The van der Waals surface area contributed by atoms with Crippen LogP contribution >= 0.6 is 0 Å². The Bertz CT molecular complexity index is 2280. The summed E-state index contributed by atoms with van der Waals surface area (Å²) in [6, 6.07) is 0. The minimum Gasteiger partial charge on any atom is -0.444 e. The quantitative estimate of drug-likeness (QED) is 0.0252. The number of hydrogen-bond acceptors (Lipinski definition) is 19. The first-order valence-electron chi connectivity index (χ1n) is 43.1. The summed E-state index contributed by atoms with van der Waals surface area (Å²) in [6.45, 7) is 39.6. The molecule has 22 atom stereocenters. The molecule has 0 spiro atoms. The Morgan fingerprint density at radius 3 is 1.11 bits per heavy atom. The van der Waals surface area contributed by atoms with E-state index in [0.717, 1.165) is 195 Å². The van der Waals surface area contributed by atoms with Crippen molar-refractivity contribution in [2.75, 3.05) is 144 Å². The van der Waals surface area contributed by atoms with Gasteiger partial charge < -0.3 is 99.9 Å². The number of rotatable bonds is 49. The van der Waals surface area contributed by atoms with Crippen molar-refractivity contribution in [3.8, 4) is 0 Å². The molecule has 20 heteroatoms. The Morgan fingerprint density at radius 2 is 0.740 bits per heavy atom. The maximum atomic E-state index is 11.8. The average Bonchev–Trinajstić information content (AvgIpc) is 1.36. The topological polar surface area (TPSA) is 324 Å². The minimum absolute atomic E-state index is 0. The molecule has 20 nitrogen and oxygen atoms in total. The average molecular weight is 1470 g/mol. The molecule has 1 amide bonds. The van der Waals surface area contributed by atoms with Gasteiger partial charge >= 0.3 is 6.09 Å². The summed E-state index contributed by atoms with van der Waals surface area (Å²) >= 11 is 0. The minimum atomic E-state index is -0.462. The molecule has 8 saturated carbocycles. The summed E-state index contributed by atoms with van der Waals surface area (Å²) in [6.07, 6.45) is 33.2. The SMILES string of the molecule is C.C[C@H](CCCNCCCNCCCN)C1CC[C@H]2C3[C@H](OCCCN)CC4C[C@H](OCCCN)CC[C@]4(C)[C@H]3C[C@H](OCCCN)[C@]12C.C[C@H](CCCNCCCNCCCNC(=O)OC(C)(C)C)C1CC[C@H]2C3[C@H](OCCCN)CC4C[C@H](OCCCN)CC[C@]4(C)[C@H]3C[C@H](OCCCN)[C@]12C. The number of carbonyl (C=O) groups excluding carboxylic acids is 1. The predicted molar refractivity (Wildman–Crippen MR) is 429 cm³/mol. The smallest absolute Gasteiger partial charge is 0.407 e. The molecule has 8 aliphatic rings. The van der Waals surface area contributed by atoms with E-state index in [2.05, 4.69) is 68.1 Å². The van der Waals surface area contributed by atoms with E-state index < -0.39 is 5.60 Å². The van der Waals surface area contributed by atoms with Gasteiger partial charge in [-0.3, -0.25) is 0 Å². The van der Waals surface area contributed by atoms with E-state index in [0.29, 0.717) is 141 Å². The second kappa shape index (κ2) is 47.2. The van der Waals surface area contributed by atoms with Gasteiger partial charge in [-0.15, -0.1) is 0 Å². The van der Waals surface area contributed by atoms with Crippen molar-refractivity contribution in [1.82, 2.24) is 26.6 Å². The molecule has 8 fully saturated rings. The molecule has 8 rings (SSSR count). The monoisotopic (exact) mass is 1470 g/mol. The van der Waals surface area contributed by atoms with Crippen molar-refractivity contribution in [2.24, 2.45) is 133 Å². The van der Waals surface area contributed by atoms with Crippen LogP contribution in [0.3, 0.4) is 0 Å². The van der Waals surface area contributed by atoms with Crippen LogP contribution in [0.1, 0.15) is 250 Å². The van der Waals surface area contributed by atoms with Crippen LogP contribution in [0.2, 0.25) is 0 Å². The Kier molecular flexibility index (Phi) is 41.5. The van der Waals surface area contributed by atoms with Gasteiger partial charge in [0.1, 0.15) is 5.60 Å². The van der Waals surface area contributed by atoms with Gasteiger partial charge in [0.25, 0.3) is 0 Å². The highest BCUT2D eigenvalue weighted by Crippen LogP contribution is 2.71. The summed E-state index contributed by atoms with van der Waals surface area (Å²) < 4.78 is 46.0. The lowest BCUT2D eigenvalue weighted by atomic mass is 9.43.